The fraction of sp³-hybridized carbons (Fsp3) is 0.529. The predicted molar refractivity (Wildman–Crippen MR) is 84.6 cm³/mol. The van der Waals surface area contributed by atoms with Crippen LogP contribution in [0.15, 0.2) is 24.3 Å². The number of nitrogens with one attached hydrogen (secondary N) is 1. The van der Waals surface area contributed by atoms with Crippen LogP contribution >= 0.6 is 0 Å². The number of hydrogen-bond donors (Lipinski definition) is 2. The van der Waals surface area contributed by atoms with Crippen LogP contribution in [0.25, 0.3) is 0 Å². The maximum absolute atomic E-state index is 12.6. The van der Waals surface area contributed by atoms with Gasteiger partial charge in [-0.3, -0.25) is 9.59 Å². The van der Waals surface area contributed by atoms with Crippen molar-refractivity contribution >= 4 is 11.9 Å². The van der Waals surface area contributed by atoms with E-state index in [1.165, 1.54) is 0 Å². The van der Waals surface area contributed by atoms with Gasteiger partial charge in [-0.2, -0.15) is 0 Å². The van der Waals surface area contributed by atoms with Crippen molar-refractivity contribution in [1.29, 1.82) is 0 Å². The summed E-state index contributed by atoms with van der Waals surface area (Å²) < 4.78 is 11.5. The second kappa shape index (κ2) is 6.48. The molecule has 0 spiro atoms. The van der Waals surface area contributed by atoms with E-state index >= 15 is 0 Å². The lowest BCUT2D eigenvalue weighted by Crippen LogP contribution is -2.58. The number of fused-ring (bicyclic) bond motifs is 1. The first kappa shape index (κ1) is 17.1. The Morgan fingerprint density at radius 2 is 1.83 bits per heavy atom. The van der Waals surface area contributed by atoms with Crippen molar-refractivity contribution in [3.63, 3.8) is 0 Å². The number of aliphatic carboxylic acids is 1. The summed E-state index contributed by atoms with van der Waals surface area (Å²) in [7, 11) is 0. The number of carbonyl (C=O) groups is 2. The molecular formula is C17H23NO5. The van der Waals surface area contributed by atoms with Gasteiger partial charge in [-0.15, -0.1) is 0 Å². The standard InChI is InChI=1S/C17H23NO5/c1-10(2)17(4,9-14(19)20)18-16(21)15-11(3)22-12-7-5-6-8-13(12)23-15/h5-8,10-11,15H,9H2,1-4H3,(H,18,21)(H,19,20). The molecule has 1 aliphatic heterocycles. The molecule has 2 N–H and O–H groups in total. The highest BCUT2D eigenvalue weighted by Crippen LogP contribution is 2.33. The second-order valence-electron chi connectivity index (χ2n) is 6.44. The monoisotopic (exact) mass is 321 g/mol. The Balaban J connectivity index is 2.15. The zero-order chi connectivity index (χ0) is 17.2. The van der Waals surface area contributed by atoms with E-state index in [4.69, 9.17) is 14.6 Å². The smallest absolute Gasteiger partial charge is 0.305 e. The van der Waals surface area contributed by atoms with Gasteiger partial charge >= 0.3 is 5.97 Å². The summed E-state index contributed by atoms with van der Waals surface area (Å²) in [5.41, 5.74) is -0.858. The molecule has 1 heterocycles. The van der Waals surface area contributed by atoms with Crippen molar-refractivity contribution in [3.05, 3.63) is 24.3 Å². The fourth-order valence-corrected chi connectivity index (χ4v) is 2.47. The van der Waals surface area contributed by atoms with Gasteiger partial charge in [0.2, 0.25) is 6.10 Å². The third kappa shape index (κ3) is 3.75. The van der Waals surface area contributed by atoms with E-state index in [9.17, 15) is 9.59 Å². The number of carboxylic acid groups (broad SMARTS) is 1. The first-order valence-electron chi connectivity index (χ1n) is 7.69. The molecule has 1 aliphatic rings. The average Bonchev–Trinajstić information content (AvgIpc) is 2.45. The third-order valence-electron chi connectivity index (χ3n) is 4.30. The number of benzene rings is 1. The summed E-state index contributed by atoms with van der Waals surface area (Å²) >= 11 is 0. The van der Waals surface area contributed by atoms with Gasteiger partial charge in [-0.05, 0) is 31.9 Å². The highest BCUT2D eigenvalue weighted by molar-refractivity contribution is 5.83. The molecule has 23 heavy (non-hydrogen) atoms. The lowest BCUT2D eigenvalue weighted by molar-refractivity contribution is -0.141. The minimum Gasteiger partial charge on any atom is -0.482 e. The molecule has 0 bridgehead atoms. The molecule has 3 atom stereocenters. The van der Waals surface area contributed by atoms with Crippen LogP contribution in [0.3, 0.4) is 0 Å². The Labute approximate surface area is 135 Å². The Kier molecular flexibility index (Phi) is 4.82. The summed E-state index contributed by atoms with van der Waals surface area (Å²) in [6, 6.07) is 7.15. The minimum atomic E-state index is -0.958. The highest BCUT2D eigenvalue weighted by Gasteiger charge is 2.39. The van der Waals surface area contributed by atoms with E-state index in [0.29, 0.717) is 11.5 Å². The number of carbonyl (C=O) groups excluding carboxylic acids is 1. The van der Waals surface area contributed by atoms with E-state index in [0.717, 1.165) is 0 Å². The number of ether oxygens (including phenoxy) is 2. The first-order chi connectivity index (χ1) is 10.7. The van der Waals surface area contributed by atoms with Crippen molar-refractivity contribution in [2.45, 2.75) is 51.9 Å². The van der Waals surface area contributed by atoms with Gasteiger partial charge in [0.15, 0.2) is 11.5 Å². The molecule has 6 nitrogen and oxygen atoms in total. The fourth-order valence-electron chi connectivity index (χ4n) is 2.47. The Bertz CT molecular complexity index is 600. The zero-order valence-corrected chi connectivity index (χ0v) is 13.8. The molecule has 0 aliphatic carbocycles. The van der Waals surface area contributed by atoms with Gasteiger partial charge in [-0.1, -0.05) is 26.0 Å². The van der Waals surface area contributed by atoms with Gasteiger partial charge in [0.25, 0.3) is 5.91 Å². The van der Waals surface area contributed by atoms with Crippen molar-refractivity contribution in [1.82, 2.24) is 5.32 Å². The molecule has 2 rings (SSSR count). The van der Waals surface area contributed by atoms with Gasteiger partial charge in [0, 0.05) is 0 Å². The van der Waals surface area contributed by atoms with Crippen LogP contribution in [0.5, 0.6) is 11.5 Å². The largest absolute Gasteiger partial charge is 0.482 e. The lowest BCUT2D eigenvalue weighted by Gasteiger charge is -2.37. The summed E-state index contributed by atoms with van der Waals surface area (Å²) in [4.78, 5) is 23.7. The number of para-hydroxylation sites is 2. The van der Waals surface area contributed by atoms with Crippen molar-refractivity contribution in [2.75, 3.05) is 0 Å². The predicted octanol–water partition coefficient (Wildman–Crippen LogP) is 2.22. The molecule has 0 saturated heterocycles. The maximum atomic E-state index is 12.6. The normalized spacial score (nSPS) is 22.3. The van der Waals surface area contributed by atoms with Crippen molar-refractivity contribution in [3.8, 4) is 11.5 Å². The Hall–Kier alpha value is -2.24. The summed E-state index contributed by atoms with van der Waals surface area (Å²) in [5, 5.41) is 11.9. The van der Waals surface area contributed by atoms with E-state index in [-0.39, 0.29) is 18.2 Å². The van der Waals surface area contributed by atoms with Crippen molar-refractivity contribution < 1.29 is 24.2 Å². The van der Waals surface area contributed by atoms with Crippen LogP contribution in [0, 0.1) is 5.92 Å². The summed E-state index contributed by atoms with van der Waals surface area (Å²) in [5.74, 6) is -0.267. The van der Waals surface area contributed by atoms with Crippen LogP contribution in [-0.2, 0) is 9.59 Å². The third-order valence-corrected chi connectivity index (χ3v) is 4.30. The number of carboxylic acids is 1. The number of rotatable bonds is 5. The molecule has 1 aromatic rings. The van der Waals surface area contributed by atoms with Crippen LogP contribution in [-0.4, -0.2) is 34.7 Å². The zero-order valence-electron chi connectivity index (χ0n) is 13.8. The van der Waals surface area contributed by atoms with Crippen LogP contribution in [0.2, 0.25) is 0 Å². The molecule has 126 valence electrons. The Morgan fingerprint density at radius 3 is 2.35 bits per heavy atom. The second-order valence-corrected chi connectivity index (χ2v) is 6.44. The van der Waals surface area contributed by atoms with E-state index in [1.54, 1.807) is 32.0 Å². The molecule has 0 saturated carbocycles. The van der Waals surface area contributed by atoms with Gasteiger partial charge in [0.05, 0.1) is 12.0 Å². The molecule has 0 radical (unpaired) electrons. The van der Waals surface area contributed by atoms with E-state index < -0.39 is 23.7 Å². The van der Waals surface area contributed by atoms with Gasteiger partial charge in [-0.25, -0.2) is 0 Å². The molecule has 3 unspecified atom stereocenters. The van der Waals surface area contributed by atoms with Gasteiger partial charge < -0.3 is 19.9 Å². The lowest BCUT2D eigenvalue weighted by atomic mass is 9.85. The summed E-state index contributed by atoms with van der Waals surface area (Å²) in [6.45, 7) is 7.23. The van der Waals surface area contributed by atoms with Crippen LogP contribution < -0.4 is 14.8 Å². The molecule has 1 amide bonds. The first-order valence-corrected chi connectivity index (χ1v) is 7.69. The summed E-state index contributed by atoms with van der Waals surface area (Å²) in [6.07, 6.45) is -1.45. The number of hydrogen-bond acceptors (Lipinski definition) is 4. The van der Waals surface area contributed by atoms with Crippen molar-refractivity contribution in [2.24, 2.45) is 5.92 Å². The molecule has 6 heteroatoms. The molecule has 1 aromatic carbocycles. The average molecular weight is 321 g/mol. The minimum absolute atomic E-state index is 0.0466. The molecular weight excluding hydrogens is 298 g/mol. The SMILES string of the molecule is CC1Oc2ccccc2OC1C(=O)NC(C)(CC(=O)O)C(C)C. The quantitative estimate of drug-likeness (QED) is 0.868. The van der Waals surface area contributed by atoms with Crippen LogP contribution in [0.4, 0.5) is 0 Å². The molecule has 0 fully saturated rings. The Morgan fingerprint density at radius 1 is 1.26 bits per heavy atom. The molecule has 0 aromatic heterocycles. The van der Waals surface area contributed by atoms with E-state index in [2.05, 4.69) is 5.32 Å². The topological polar surface area (TPSA) is 84.9 Å². The van der Waals surface area contributed by atoms with Gasteiger partial charge in [0.1, 0.15) is 6.10 Å². The van der Waals surface area contributed by atoms with Crippen LogP contribution in [0.1, 0.15) is 34.1 Å². The maximum Gasteiger partial charge on any atom is 0.305 e. The van der Waals surface area contributed by atoms with E-state index in [1.807, 2.05) is 19.9 Å². The number of amides is 1. The highest BCUT2D eigenvalue weighted by atomic mass is 16.6.